The number of carbonyl (C=O) groups is 1. The van der Waals surface area contributed by atoms with Gasteiger partial charge in [-0.2, -0.15) is 0 Å². The summed E-state index contributed by atoms with van der Waals surface area (Å²) in [5.41, 5.74) is 6.27. The van der Waals surface area contributed by atoms with Crippen molar-refractivity contribution in [2.45, 2.75) is 6.92 Å². The lowest BCUT2D eigenvalue weighted by molar-refractivity contribution is 0.103. The first-order valence-electron chi connectivity index (χ1n) is 6.05. The van der Waals surface area contributed by atoms with Crippen molar-refractivity contribution in [3.8, 4) is 0 Å². The summed E-state index contributed by atoms with van der Waals surface area (Å²) in [5, 5.41) is 3.35. The molecule has 7 heteroatoms. The van der Waals surface area contributed by atoms with Gasteiger partial charge in [0.15, 0.2) is 5.13 Å². The average molecular weight is 294 g/mol. The van der Waals surface area contributed by atoms with Gasteiger partial charge in [0.1, 0.15) is 16.5 Å². The number of aromatic nitrogens is 1. The molecule has 0 aliphatic rings. The van der Waals surface area contributed by atoms with Crippen molar-refractivity contribution in [2.75, 3.05) is 29.5 Å². The maximum atomic E-state index is 12.8. The fourth-order valence-corrected chi connectivity index (χ4v) is 2.41. The lowest BCUT2D eigenvalue weighted by atomic mass is 10.3. The van der Waals surface area contributed by atoms with Gasteiger partial charge in [0, 0.05) is 19.3 Å². The molecule has 0 bridgehead atoms. The van der Waals surface area contributed by atoms with Crippen LogP contribution in [0.5, 0.6) is 0 Å². The number of nitrogens with two attached hydrogens (primary N) is 1. The number of nitrogens with zero attached hydrogens (tertiary/aromatic N) is 2. The standard InChI is InChI=1S/C13H15FN4OS/c1-3-18(2)13-17-11(15)10(20-13)12(19)16-9-6-4-8(14)5-7-9/h4-7H,3,15H2,1-2H3,(H,16,19). The first kappa shape index (κ1) is 14.3. The lowest BCUT2D eigenvalue weighted by Crippen LogP contribution is -2.15. The van der Waals surface area contributed by atoms with Crippen LogP contribution in [0.1, 0.15) is 16.6 Å². The van der Waals surface area contributed by atoms with E-state index in [1.807, 2.05) is 18.9 Å². The first-order valence-corrected chi connectivity index (χ1v) is 6.87. The van der Waals surface area contributed by atoms with E-state index in [0.29, 0.717) is 15.7 Å². The monoisotopic (exact) mass is 294 g/mol. The number of nitrogens with one attached hydrogen (secondary N) is 1. The quantitative estimate of drug-likeness (QED) is 0.909. The largest absolute Gasteiger partial charge is 0.382 e. The van der Waals surface area contributed by atoms with Crippen LogP contribution in [0.3, 0.4) is 0 Å². The molecule has 0 saturated heterocycles. The summed E-state index contributed by atoms with van der Waals surface area (Å²) in [6.07, 6.45) is 0. The van der Waals surface area contributed by atoms with Crippen molar-refractivity contribution < 1.29 is 9.18 Å². The molecule has 0 spiro atoms. The number of rotatable bonds is 4. The summed E-state index contributed by atoms with van der Waals surface area (Å²) in [6, 6.07) is 5.54. The first-order chi connectivity index (χ1) is 9.51. The highest BCUT2D eigenvalue weighted by atomic mass is 32.1. The number of amides is 1. The summed E-state index contributed by atoms with van der Waals surface area (Å²) < 4.78 is 12.8. The van der Waals surface area contributed by atoms with Gasteiger partial charge < -0.3 is 16.0 Å². The Balaban J connectivity index is 2.17. The number of hydrogen-bond donors (Lipinski definition) is 2. The van der Waals surface area contributed by atoms with E-state index in [2.05, 4.69) is 10.3 Å². The van der Waals surface area contributed by atoms with Crippen molar-refractivity contribution in [3.63, 3.8) is 0 Å². The van der Waals surface area contributed by atoms with Crippen LogP contribution in [0.25, 0.3) is 0 Å². The molecule has 1 amide bonds. The van der Waals surface area contributed by atoms with Crippen LogP contribution < -0.4 is 16.0 Å². The van der Waals surface area contributed by atoms with E-state index in [0.717, 1.165) is 6.54 Å². The summed E-state index contributed by atoms with van der Waals surface area (Å²) in [6.45, 7) is 2.75. The molecule has 5 nitrogen and oxygen atoms in total. The minimum Gasteiger partial charge on any atom is -0.382 e. The molecule has 0 aliphatic carbocycles. The Hall–Kier alpha value is -2.15. The molecule has 0 atom stereocenters. The van der Waals surface area contributed by atoms with E-state index >= 15 is 0 Å². The van der Waals surface area contributed by atoms with Crippen LogP contribution in [0.4, 0.5) is 21.0 Å². The summed E-state index contributed by atoms with van der Waals surface area (Å²) >= 11 is 1.23. The second-order valence-electron chi connectivity index (χ2n) is 4.19. The van der Waals surface area contributed by atoms with Crippen molar-refractivity contribution in [3.05, 3.63) is 35.0 Å². The normalized spacial score (nSPS) is 10.3. The van der Waals surface area contributed by atoms with Gasteiger partial charge in [-0.05, 0) is 31.2 Å². The number of anilines is 3. The maximum Gasteiger partial charge on any atom is 0.269 e. The molecular formula is C13H15FN4OS. The molecule has 0 radical (unpaired) electrons. The Morgan fingerprint density at radius 2 is 2.10 bits per heavy atom. The number of hydrogen-bond acceptors (Lipinski definition) is 5. The molecule has 20 heavy (non-hydrogen) atoms. The minimum absolute atomic E-state index is 0.199. The number of halogens is 1. The van der Waals surface area contributed by atoms with Crippen molar-refractivity contribution in [2.24, 2.45) is 0 Å². The van der Waals surface area contributed by atoms with E-state index in [-0.39, 0.29) is 17.5 Å². The summed E-state index contributed by atoms with van der Waals surface area (Å²) in [7, 11) is 1.87. The number of thiazole rings is 1. The van der Waals surface area contributed by atoms with Gasteiger partial charge in [-0.1, -0.05) is 11.3 Å². The van der Waals surface area contributed by atoms with Crippen LogP contribution in [-0.4, -0.2) is 24.5 Å². The molecule has 3 N–H and O–H groups in total. The predicted octanol–water partition coefficient (Wildman–Crippen LogP) is 2.57. The van der Waals surface area contributed by atoms with E-state index in [4.69, 9.17) is 5.73 Å². The SMILES string of the molecule is CCN(C)c1nc(N)c(C(=O)Nc2ccc(F)cc2)s1. The fourth-order valence-electron chi connectivity index (χ4n) is 1.50. The zero-order valence-corrected chi connectivity index (χ0v) is 12.0. The average Bonchev–Trinajstić information content (AvgIpc) is 2.82. The third kappa shape index (κ3) is 3.05. The Morgan fingerprint density at radius 1 is 1.45 bits per heavy atom. The molecule has 2 rings (SSSR count). The van der Waals surface area contributed by atoms with Crippen LogP contribution in [0, 0.1) is 5.82 Å². The van der Waals surface area contributed by atoms with Gasteiger partial charge in [-0.3, -0.25) is 4.79 Å². The maximum absolute atomic E-state index is 12.8. The van der Waals surface area contributed by atoms with E-state index in [1.54, 1.807) is 0 Å². The highest BCUT2D eigenvalue weighted by Crippen LogP contribution is 2.28. The molecule has 1 aromatic carbocycles. The minimum atomic E-state index is -0.354. The van der Waals surface area contributed by atoms with Crippen LogP contribution in [-0.2, 0) is 0 Å². The number of benzene rings is 1. The Labute approximate surface area is 120 Å². The number of carbonyl (C=O) groups excluding carboxylic acids is 1. The van der Waals surface area contributed by atoms with Gasteiger partial charge in [-0.25, -0.2) is 9.37 Å². The smallest absolute Gasteiger partial charge is 0.269 e. The second kappa shape index (κ2) is 5.87. The summed E-state index contributed by atoms with van der Waals surface area (Å²) in [5.74, 6) is -0.501. The molecule has 0 saturated carbocycles. The van der Waals surface area contributed by atoms with E-state index in [9.17, 15) is 9.18 Å². The topological polar surface area (TPSA) is 71.2 Å². The van der Waals surface area contributed by atoms with Gasteiger partial charge >= 0.3 is 0 Å². The van der Waals surface area contributed by atoms with Crippen LogP contribution >= 0.6 is 11.3 Å². The third-order valence-electron chi connectivity index (χ3n) is 2.75. The van der Waals surface area contributed by atoms with Gasteiger partial charge in [0.2, 0.25) is 0 Å². The van der Waals surface area contributed by atoms with Gasteiger partial charge in [0.25, 0.3) is 5.91 Å². The molecule has 0 unspecified atom stereocenters. The molecule has 106 valence electrons. The molecular weight excluding hydrogens is 279 g/mol. The third-order valence-corrected chi connectivity index (χ3v) is 3.94. The Bertz CT molecular complexity index is 611. The summed E-state index contributed by atoms with van der Waals surface area (Å²) in [4.78, 5) is 18.5. The highest BCUT2D eigenvalue weighted by molar-refractivity contribution is 7.18. The predicted molar refractivity (Wildman–Crippen MR) is 79.8 cm³/mol. The molecule has 1 heterocycles. The second-order valence-corrected chi connectivity index (χ2v) is 5.16. The zero-order chi connectivity index (χ0) is 14.7. The van der Waals surface area contributed by atoms with Gasteiger partial charge in [-0.15, -0.1) is 0 Å². The molecule has 0 fully saturated rings. The zero-order valence-electron chi connectivity index (χ0n) is 11.2. The van der Waals surface area contributed by atoms with Crippen molar-refractivity contribution in [1.82, 2.24) is 4.98 Å². The molecule has 2 aromatic rings. The number of nitrogen functional groups attached to an aromatic ring is 1. The van der Waals surface area contributed by atoms with E-state index < -0.39 is 0 Å². The Morgan fingerprint density at radius 3 is 2.70 bits per heavy atom. The fraction of sp³-hybridized carbons (Fsp3) is 0.231. The van der Waals surface area contributed by atoms with Crippen molar-refractivity contribution >= 4 is 33.9 Å². The van der Waals surface area contributed by atoms with Crippen molar-refractivity contribution in [1.29, 1.82) is 0 Å². The van der Waals surface area contributed by atoms with Gasteiger partial charge in [0.05, 0.1) is 0 Å². The highest BCUT2D eigenvalue weighted by Gasteiger charge is 2.17. The van der Waals surface area contributed by atoms with Crippen LogP contribution in [0.2, 0.25) is 0 Å². The molecule has 0 aliphatic heterocycles. The Kier molecular flexibility index (Phi) is 4.19. The van der Waals surface area contributed by atoms with E-state index in [1.165, 1.54) is 35.6 Å². The molecule has 1 aromatic heterocycles. The lowest BCUT2D eigenvalue weighted by Gasteiger charge is -2.10. The van der Waals surface area contributed by atoms with Crippen LogP contribution in [0.15, 0.2) is 24.3 Å².